The highest BCUT2D eigenvalue weighted by Gasteiger charge is 2.84. The van der Waals surface area contributed by atoms with Crippen LogP contribution in [-0.2, 0) is 4.74 Å². The number of nitrogens with zero attached hydrogens (tertiary/aromatic N) is 2. The van der Waals surface area contributed by atoms with Gasteiger partial charge in [0.25, 0.3) is 0 Å². The number of rotatable bonds is 4. The Morgan fingerprint density at radius 1 is 0.976 bits per heavy atom. The number of hydrogen-bond donors (Lipinski definition) is 3. The molecule has 41 heavy (non-hydrogen) atoms. The van der Waals surface area contributed by atoms with Crippen molar-refractivity contribution >= 4 is 0 Å². The van der Waals surface area contributed by atoms with Crippen LogP contribution in [-0.4, -0.2) is 61.4 Å². The van der Waals surface area contributed by atoms with Crippen LogP contribution in [0.2, 0.25) is 0 Å². The first-order valence-corrected chi connectivity index (χ1v) is 16.3. The van der Waals surface area contributed by atoms with Crippen molar-refractivity contribution in [3.8, 4) is 6.01 Å². The summed E-state index contributed by atoms with van der Waals surface area (Å²) in [6, 6.07) is 1.98. The van der Waals surface area contributed by atoms with Gasteiger partial charge in [-0.2, -0.15) is 0 Å². The van der Waals surface area contributed by atoms with Gasteiger partial charge in [-0.15, -0.1) is 0 Å². The molecule has 1 saturated heterocycles. The summed E-state index contributed by atoms with van der Waals surface area (Å²) >= 11 is 0. The number of aliphatic hydroxyl groups is 3. The van der Waals surface area contributed by atoms with Crippen molar-refractivity contribution in [2.75, 3.05) is 0 Å². The van der Waals surface area contributed by atoms with Gasteiger partial charge in [0, 0.05) is 17.8 Å². The molecule has 0 amide bonds. The summed E-state index contributed by atoms with van der Waals surface area (Å²) in [6.45, 7) is 15.3. The van der Waals surface area contributed by atoms with Crippen LogP contribution < -0.4 is 4.74 Å². The molecule has 228 valence electrons. The van der Waals surface area contributed by atoms with E-state index in [1.807, 2.05) is 0 Å². The van der Waals surface area contributed by atoms with Crippen LogP contribution in [0.3, 0.4) is 0 Å². The Balaban J connectivity index is 1.21. The molecular weight excluding hydrogens is 516 g/mol. The maximum Gasteiger partial charge on any atom is 0.316 e. The maximum atomic E-state index is 12.5. The van der Waals surface area contributed by atoms with Gasteiger partial charge in [-0.1, -0.05) is 34.6 Å². The normalized spacial score (nSPS) is 52.2. The number of aromatic nitrogens is 2. The Morgan fingerprint density at radius 3 is 2.32 bits per heavy atom. The summed E-state index contributed by atoms with van der Waals surface area (Å²) in [5.74, 6) is 1.59. The zero-order valence-corrected chi connectivity index (χ0v) is 26.1. The summed E-state index contributed by atoms with van der Waals surface area (Å²) in [4.78, 5) is 8.50. The van der Waals surface area contributed by atoms with Crippen molar-refractivity contribution in [2.45, 2.75) is 136 Å². The Bertz CT molecular complexity index is 1190. The second-order valence-electron chi connectivity index (χ2n) is 16.8. The average Bonchev–Trinajstić information content (AvgIpc) is 3.54. The first kappa shape index (κ1) is 28.5. The first-order chi connectivity index (χ1) is 19.1. The summed E-state index contributed by atoms with van der Waals surface area (Å²) in [6.07, 6.45) is 9.86. The van der Waals surface area contributed by atoms with Gasteiger partial charge >= 0.3 is 6.01 Å². The maximum absolute atomic E-state index is 12.5. The Labute approximate surface area is 245 Å². The Morgan fingerprint density at radius 2 is 1.63 bits per heavy atom. The van der Waals surface area contributed by atoms with Crippen LogP contribution in [0.1, 0.15) is 99.8 Å². The van der Waals surface area contributed by atoms with Gasteiger partial charge in [-0.05, 0) is 117 Å². The molecule has 5 saturated carbocycles. The fraction of sp³-hybridized carbons (Fsp3) is 0.882. The summed E-state index contributed by atoms with van der Waals surface area (Å²) in [7, 11) is 0. The molecule has 2 spiro atoms. The van der Waals surface area contributed by atoms with Crippen molar-refractivity contribution in [1.82, 2.24) is 9.97 Å². The molecule has 0 radical (unpaired) electrons. The quantitative estimate of drug-likeness (QED) is 0.460. The molecule has 2 heterocycles. The molecule has 1 aromatic heterocycles. The van der Waals surface area contributed by atoms with Crippen LogP contribution in [0.5, 0.6) is 6.01 Å². The third kappa shape index (κ3) is 3.47. The molecule has 1 aromatic rings. The lowest BCUT2D eigenvalue weighted by atomic mass is 9.41. The average molecular weight is 569 g/mol. The molecule has 0 unspecified atom stereocenters. The molecule has 6 fully saturated rings. The molecule has 7 nitrogen and oxygen atoms in total. The third-order valence-electron chi connectivity index (χ3n) is 14.6. The highest BCUT2D eigenvalue weighted by atomic mass is 16.6. The molecule has 0 aromatic carbocycles. The standard InChI is InChI=1S/C34H52N2O5/c1-19-17-20(27(30(4,5)39)41-28-35-15-8-16-36-28)40-25-24(19)31(6)13-14-34-18-33(34)12-11-23(37)29(2,3)21(33)9-10-22(34)32(31,7)26(25)38/h8,15-16,19-27,37-39H,9-14,17-18H2,1-7H3/t19-,20-,21+,22+,23+,24+,25+,26+,27+,31-,32-,33-,34+/m1/s1. The van der Waals surface area contributed by atoms with Crippen LogP contribution in [0, 0.1) is 50.7 Å². The Kier molecular flexibility index (Phi) is 6.02. The van der Waals surface area contributed by atoms with E-state index in [2.05, 4.69) is 44.6 Å². The van der Waals surface area contributed by atoms with E-state index in [1.165, 1.54) is 12.8 Å². The number of fused-ring (bicyclic) bond motifs is 4. The minimum Gasteiger partial charge on any atom is -0.454 e. The SMILES string of the molecule is C[C@@H]1C[C@H]([C@H](Oc2ncccn2)C(C)(C)O)O[C@H]2[C@H]1[C@@]1(C)CC[C@@]34C[C@@]35CC[C@H](O)C(C)(C)[C@@H]5CC[C@H]4[C@]1(C)[C@H]2O. The first-order valence-electron chi connectivity index (χ1n) is 16.3. The lowest BCUT2D eigenvalue weighted by molar-refractivity contribution is -0.197. The van der Waals surface area contributed by atoms with E-state index in [0.717, 1.165) is 38.5 Å². The van der Waals surface area contributed by atoms with Gasteiger partial charge in [-0.25, -0.2) is 9.97 Å². The molecule has 7 rings (SSSR count). The molecule has 0 bridgehead atoms. The monoisotopic (exact) mass is 568 g/mol. The zero-order valence-electron chi connectivity index (χ0n) is 26.1. The third-order valence-corrected chi connectivity index (χ3v) is 14.6. The predicted octanol–water partition coefficient (Wildman–Crippen LogP) is 5.17. The van der Waals surface area contributed by atoms with Crippen molar-refractivity contribution in [3.63, 3.8) is 0 Å². The molecular formula is C34H52N2O5. The lowest BCUT2D eigenvalue weighted by Gasteiger charge is -2.63. The summed E-state index contributed by atoms with van der Waals surface area (Å²) in [5.41, 5.74) is -0.891. The topological polar surface area (TPSA) is 105 Å². The van der Waals surface area contributed by atoms with Gasteiger partial charge in [0.2, 0.25) is 0 Å². The Hall–Kier alpha value is -1.28. The van der Waals surface area contributed by atoms with E-state index in [0.29, 0.717) is 23.2 Å². The summed E-state index contributed by atoms with van der Waals surface area (Å²) in [5, 5.41) is 34.7. The molecule has 1 aliphatic heterocycles. The minimum atomic E-state index is -1.18. The second kappa shape index (κ2) is 8.67. The van der Waals surface area contributed by atoms with Crippen LogP contribution in [0.4, 0.5) is 0 Å². The van der Waals surface area contributed by atoms with Crippen molar-refractivity contribution in [3.05, 3.63) is 18.5 Å². The fourth-order valence-corrected chi connectivity index (χ4v) is 12.7. The fourth-order valence-electron chi connectivity index (χ4n) is 12.7. The van der Waals surface area contributed by atoms with Gasteiger partial charge < -0.3 is 24.8 Å². The number of hydrogen-bond acceptors (Lipinski definition) is 7. The molecule has 7 heteroatoms. The predicted molar refractivity (Wildman–Crippen MR) is 155 cm³/mol. The van der Waals surface area contributed by atoms with Crippen LogP contribution in [0.15, 0.2) is 18.5 Å². The lowest BCUT2D eigenvalue weighted by Crippen LogP contribution is -2.59. The van der Waals surface area contributed by atoms with Crippen LogP contribution >= 0.6 is 0 Å². The van der Waals surface area contributed by atoms with Crippen molar-refractivity contribution in [2.24, 2.45) is 50.7 Å². The van der Waals surface area contributed by atoms with Crippen molar-refractivity contribution < 1.29 is 24.8 Å². The largest absolute Gasteiger partial charge is 0.454 e. The zero-order chi connectivity index (χ0) is 29.4. The highest BCUT2D eigenvalue weighted by Crippen LogP contribution is 2.89. The molecule has 13 atom stereocenters. The van der Waals surface area contributed by atoms with E-state index in [-0.39, 0.29) is 51.9 Å². The van der Waals surface area contributed by atoms with Gasteiger partial charge in [0.1, 0.15) is 0 Å². The minimum absolute atomic E-state index is 0.0225. The molecule has 3 N–H and O–H groups in total. The van der Waals surface area contributed by atoms with E-state index in [1.54, 1.807) is 32.3 Å². The second-order valence-corrected chi connectivity index (χ2v) is 16.8. The van der Waals surface area contributed by atoms with Crippen molar-refractivity contribution in [1.29, 1.82) is 0 Å². The molecule has 5 aliphatic carbocycles. The van der Waals surface area contributed by atoms with E-state index in [9.17, 15) is 15.3 Å². The number of aliphatic hydroxyl groups excluding tert-OH is 2. The smallest absolute Gasteiger partial charge is 0.316 e. The molecule has 6 aliphatic rings. The van der Waals surface area contributed by atoms with Crippen LogP contribution in [0.25, 0.3) is 0 Å². The van der Waals surface area contributed by atoms with Gasteiger partial charge in [-0.3, -0.25) is 0 Å². The summed E-state index contributed by atoms with van der Waals surface area (Å²) < 4.78 is 13.1. The van der Waals surface area contributed by atoms with Gasteiger partial charge in [0.15, 0.2) is 6.10 Å². The highest BCUT2D eigenvalue weighted by molar-refractivity contribution is 5.32. The van der Waals surface area contributed by atoms with E-state index >= 15 is 0 Å². The number of ether oxygens (including phenoxy) is 2. The van der Waals surface area contributed by atoms with E-state index in [4.69, 9.17) is 9.47 Å². The van der Waals surface area contributed by atoms with E-state index < -0.39 is 17.8 Å². The van der Waals surface area contributed by atoms with Gasteiger partial charge in [0.05, 0.1) is 30.0 Å².